The number of thiophene rings is 1. The Morgan fingerprint density at radius 2 is 1.91 bits per heavy atom. The summed E-state index contributed by atoms with van der Waals surface area (Å²) in [5.74, 6) is 0.464. The van der Waals surface area contributed by atoms with Crippen molar-refractivity contribution in [2.24, 2.45) is 0 Å². The number of anilines is 1. The molecule has 34 heavy (non-hydrogen) atoms. The predicted octanol–water partition coefficient (Wildman–Crippen LogP) is 6.08. The van der Waals surface area contributed by atoms with Gasteiger partial charge in [-0.1, -0.05) is 19.4 Å². The topological polar surface area (TPSA) is 66.9 Å². The number of nitrogens with zero attached hydrogens (tertiary/aromatic N) is 2. The monoisotopic (exact) mass is 476 g/mol. The number of aromatic nitrogens is 2. The van der Waals surface area contributed by atoms with E-state index in [1.54, 1.807) is 36.8 Å². The van der Waals surface area contributed by atoms with E-state index in [0.717, 1.165) is 57.6 Å². The van der Waals surface area contributed by atoms with Crippen LogP contribution >= 0.6 is 11.3 Å². The highest BCUT2D eigenvalue weighted by Crippen LogP contribution is 2.34. The van der Waals surface area contributed by atoms with Crippen LogP contribution in [-0.2, 0) is 12.8 Å². The minimum Gasteiger partial charge on any atom is -0.370 e. The number of amides is 1. The van der Waals surface area contributed by atoms with Crippen molar-refractivity contribution in [3.63, 3.8) is 0 Å². The van der Waals surface area contributed by atoms with Crippen LogP contribution in [0.4, 0.5) is 10.2 Å². The van der Waals surface area contributed by atoms with Crippen molar-refractivity contribution < 1.29 is 9.18 Å². The Hall–Kier alpha value is -3.32. The molecule has 0 unspecified atom stereocenters. The zero-order valence-corrected chi connectivity index (χ0v) is 20.8. The summed E-state index contributed by atoms with van der Waals surface area (Å²) < 4.78 is 15.1. The minimum absolute atomic E-state index is 0.0774. The maximum atomic E-state index is 14.0. The molecule has 0 atom stereocenters. The molecule has 0 aliphatic heterocycles. The number of aryl methyl sites for hydroxylation is 3. The molecule has 2 heterocycles. The van der Waals surface area contributed by atoms with Crippen LogP contribution in [0.15, 0.2) is 42.7 Å². The van der Waals surface area contributed by atoms with Crippen LogP contribution in [0.25, 0.3) is 21.3 Å². The molecule has 0 radical (unpaired) electrons. The number of hydrogen-bond donors (Lipinski definition) is 2. The Kier molecular flexibility index (Phi) is 7.22. The smallest absolute Gasteiger partial charge is 0.251 e. The first-order valence-corrected chi connectivity index (χ1v) is 12.3. The quantitative estimate of drug-likeness (QED) is 0.323. The van der Waals surface area contributed by atoms with Crippen molar-refractivity contribution in [3.05, 3.63) is 75.7 Å². The first-order valence-electron chi connectivity index (χ1n) is 11.5. The van der Waals surface area contributed by atoms with Crippen LogP contribution in [0.2, 0.25) is 0 Å². The largest absolute Gasteiger partial charge is 0.370 e. The van der Waals surface area contributed by atoms with E-state index in [2.05, 4.69) is 34.4 Å². The van der Waals surface area contributed by atoms with Gasteiger partial charge in [-0.05, 0) is 73.0 Å². The Morgan fingerprint density at radius 1 is 1.09 bits per heavy atom. The molecule has 5 nitrogen and oxygen atoms in total. The van der Waals surface area contributed by atoms with E-state index in [0.29, 0.717) is 12.1 Å². The first-order chi connectivity index (χ1) is 16.4. The number of carbonyl (C=O) groups excluding carboxylic acids is 1. The molecule has 2 N–H and O–H groups in total. The molecule has 0 aliphatic rings. The summed E-state index contributed by atoms with van der Waals surface area (Å²) in [5.41, 5.74) is 5.62. The fraction of sp³-hybridized carbons (Fsp3) is 0.296. The van der Waals surface area contributed by atoms with Crippen molar-refractivity contribution in [2.45, 2.75) is 40.0 Å². The molecule has 176 valence electrons. The minimum atomic E-state index is -0.192. The van der Waals surface area contributed by atoms with Crippen LogP contribution < -0.4 is 10.6 Å². The van der Waals surface area contributed by atoms with Gasteiger partial charge in [0, 0.05) is 40.4 Å². The zero-order valence-electron chi connectivity index (χ0n) is 20.0. The Bertz CT molecular complexity index is 1350. The lowest BCUT2D eigenvalue weighted by Gasteiger charge is -2.11. The van der Waals surface area contributed by atoms with E-state index in [9.17, 15) is 9.18 Å². The van der Waals surface area contributed by atoms with E-state index in [-0.39, 0.29) is 11.7 Å². The molecule has 0 fully saturated rings. The van der Waals surface area contributed by atoms with Gasteiger partial charge in [0.05, 0.1) is 5.69 Å². The average molecular weight is 477 g/mol. The third-order valence-electron chi connectivity index (χ3n) is 5.98. The molecule has 4 aromatic rings. The SMILES string of the molecule is CCCc1cc(-c2cc(NCCc3c(C)sc4c(C)cc(F)cc34)ncn2)ccc1C(=O)NC. The molecule has 7 heteroatoms. The maximum absolute atomic E-state index is 14.0. The lowest BCUT2D eigenvalue weighted by molar-refractivity contribution is 0.0962. The lowest BCUT2D eigenvalue weighted by Crippen LogP contribution is -2.19. The second-order valence-electron chi connectivity index (χ2n) is 8.40. The van der Waals surface area contributed by atoms with Gasteiger partial charge in [0.15, 0.2) is 0 Å². The Labute approximate surface area is 203 Å². The lowest BCUT2D eigenvalue weighted by atomic mass is 9.98. The number of fused-ring (bicyclic) bond motifs is 1. The molecule has 2 aromatic carbocycles. The second-order valence-corrected chi connectivity index (χ2v) is 9.63. The Balaban J connectivity index is 1.52. The third-order valence-corrected chi connectivity index (χ3v) is 7.28. The molecule has 2 aromatic heterocycles. The van der Waals surface area contributed by atoms with E-state index in [1.807, 2.05) is 31.2 Å². The van der Waals surface area contributed by atoms with Crippen LogP contribution in [0.1, 0.15) is 45.3 Å². The van der Waals surface area contributed by atoms with Crippen LogP contribution in [0.5, 0.6) is 0 Å². The van der Waals surface area contributed by atoms with Crippen molar-refractivity contribution in [2.75, 3.05) is 18.9 Å². The van der Waals surface area contributed by atoms with Crippen molar-refractivity contribution in [3.8, 4) is 11.3 Å². The van der Waals surface area contributed by atoms with Crippen molar-refractivity contribution in [1.82, 2.24) is 15.3 Å². The van der Waals surface area contributed by atoms with E-state index in [1.165, 1.54) is 10.4 Å². The summed E-state index contributed by atoms with van der Waals surface area (Å²) >= 11 is 1.72. The molecule has 0 saturated carbocycles. The summed E-state index contributed by atoms with van der Waals surface area (Å²) in [6.07, 6.45) is 4.09. The van der Waals surface area contributed by atoms with Crippen LogP contribution in [-0.4, -0.2) is 29.5 Å². The van der Waals surface area contributed by atoms with Gasteiger partial charge in [-0.15, -0.1) is 11.3 Å². The third kappa shape index (κ3) is 4.94. The van der Waals surface area contributed by atoms with Gasteiger partial charge in [-0.25, -0.2) is 14.4 Å². The van der Waals surface area contributed by atoms with Gasteiger partial charge >= 0.3 is 0 Å². The summed E-state index contributed by atoms with van der Waals surface area (Å²) in [5, 5.41) is 7.10. The molecule has 0 spiro atoms. The van der Waals surface area contributed by atoms with Gasteiger partial charge < -0.3 is 10.6 Å². The van der Waals surface area contributed by atoms with Crippen LogP contribution in [0, 0.1) is 19.7 Å². The van der Waals surface area contributed by atoms with Gasteiger partial charge in [-0.2, -0.15) is 0 Å². The number of halogens is 1. The fourth-order valence-electron chi connectivity index (χ4n) is 4.32. The van der Waals surface area contributed by atoms with E-state index >= 15 is 0 Å². The highest BCUT2D eigenvalue weighted by Gasteiger charge is 2.14. The number of nitrogens with one attached hydrogen (secondary N) is 2. The number of rotatable bonds is 8. The average Bonchev–Trinajstić information content (AvgIpc) is 3.14. The van der Waals surface area contributed by atoms with E-state index < -0.39 is 0 Å². The highest BCUT2D eigenvalue weighted by atomic mass is 32.1. The summed E-state index contributed by atoms with van der Waals surface area (Å²) in [7, 11) is 1.65. The fourth-order valence-corrected chi connectivity index (χ4v) is 5.47. The van der Waals surface area contributed by atoms with Gasteiger partial charge in [0.25, 0.3) is 5.91 Å². The molecule has 0 saturated heterocycles. The normalized spacial score (nSPS) is 11.1. The van der Waals surface area contributed by atoms with Crippen molar-refractivity contribution >= 4 is 33.1 Å². The number of hydrogen-bond acceptors (Lipinski definition) is 5. The van der Waals surface area contributed by atoms with Gasteiger partial charge in [0.2, 0.25) is 0 Å². The molecule has 1 amide bonds. The summed E-state index contributed by atoms with van der Waals surface area (Å²) in [6, 6.07) is 11.0. The molecule has 4 rings (SSSR count). The van der Waals surface area contributed by atoms with Crippen LogP contribution in [0.3, 0.4) is 0 Å². The molecular weight excluding hydrogens is 447 g/mol. The zero-order chi connectivity index (χ0) is 24.2. The molecular formula is C27H29FN4OS. The number of carbonyl (C=O) groups is 1. The van der Waals surface area contributed by atoms with Gasteiger partial charge in [-0.3, -0.25) is 4.79 Å². The molecule has 0 bridgehead atoms. The maximum Gasteiger partial charge on any atom is 0.251 e. The second kappa shape index (κ2) is 10.3. The first kappa shape index (κ1) is 23.8. The molecule has 0 aliphatic carbocycles. The summed E-state index contributed by atoms with van der Waals surface area (Å²) in [6.45, 7) is 6.83. The standard InChI is InChI=1S/C27H29FN4OS/c1-5-6-18-12-19(7-8-22(18)27(33)29-4)24-14-25(32-15-31-24)30-10-9-21-17(3)34-26-16(2)11-20(28)13-23(21)26/h7-8,11-15H,5-6,9-10H2,1-4H3,(H,29,33)(H,30,31,32). The predicted molar refractivity (Wildman–Crippen MR) is 138 cm³/mol. The Morgan fingerprint density at radius 3 is 2.68 bits per heavy atom. The highest BCUT2D eigenvalue weighted by molar-refractivity contribution is 7.19. The van der Waals surface area contributed by atoms with Gasteiger partial charge in [0.1, 0.15) is 18.0 Å². The van der Waals surface area contributed by atoms with E-state index in [4.69, 9.17) is 0 Å². The number of benzene rings is 2. The van der Waals surface area contributed by atoms with Crippen molar-refractivity contribution in [1.29, 1.82) is 0 Å². The summed E-state index contributed by atoms with van der Waals surface area (Å²) in [4.78, 5) is 22.2.